The Morgan fingerprint density at radius 1 is 1.25 bits per heavy atom. The van der Waals surface area contributed by atoms with Crippen LogP contribution >= 0.6 is 0 Å². The van der Waals surface area contributed by atoms with Crippen molar-refractivity contribution in [2.45, 2.75) is 33.1 Å². The van der Waals surface area contributed by atoms with E-state index in [4.69, 9.17) is 14.6 Å². The minimum absolute atomic E-state index is 0.0149. The molecule has 1 atom stereocenters. The Bertz CT molecular complexity index is 587. The van der Waals surface area contributed by atoms with Gasteiger partial charge in [-0.3, -0.25) is 4.79 Å². The van der Waals surface area contributed by atoms with Crippen molar-refractivity contribution in [1.82, 2.24) is 4.90 Å². The van der Waals surface area contributed by atoms with E-state index in [-0.39, 0.29) is 5.91 Å². The number of amides is 1. The van der Waals surface area contributed by atoms with Gasteiger partial charge in [0.2, 0.25) is 0 Å². The van der Waals surface area contributed by atoms with Gasteiger partial charge in [-0.05, 0) is 43.9 Å². The van der Waals surface area contributed by atoms with Gasteiger partial charge >= 0.3 is 5.97 Å². The standard InChI is InChI=1S/C18H25NO5/c1-3-13-6-5-9-19(11-13)18(22)14-7-8-15(24-12-17(20)21)16(10-14)23-4-2/h7-8,10,13H,3-6,9,11-12H2,1-2H3,(H,20,21). The van der Waals surface area contributed by atoms with E-state index in [1.165, 1.54) is 6.42 Å². The van der Waals surface area contributed by atoms with Crippen LogP contribution in [0.15, 0.2) is 18.2 Å². The van der Waals surface area contributed by atoms with Gasteiger partial charge in [0.1, 0.15) is 0 Å². The van der Waals surface area contributed by atoms with Gasteiger partial charge in [-0.2, -0.15) is 0 Å². The third kappa shape index (κ3) is 4.63. The molecule has 6 nitrogen and oxygen atoms in total. The smallest absolute Gasteiger partial charge is 0.341 e. The number of nitrogens with zero attached hydrogens (tertiary/aromatic N) is 1. The predicted molar refractivity (Wildman–Crippen MR) is 89.7 cm³/mol. The van der Waals surface area contributed by atoms with Gasteiger partial charge in [-0.25, -0.2) is 4.79 Å². The van der Waals surface area contributed by atoms with E-state index in [2.05, 4.69) is 6.92 Å². The van der Waals surface area contributed by atoms with E-state index in [1.807, 2.05) is 11.8 Å². The number of carbonyl (C=O) groups excluding carboxylic acids is 1. The molecule has 1 heterocycles. The Labute approximate surface area is 142 Å². The molecule has 132 valence electrons. The second-order valence-corrected chi connectivity index (χ2v) is 5.94. The molecule has 2 rings (SSSR count). The molecule has 1 saturated heterocycles. The maximum absolute atomic E-state index is 12.7. The van der Waals surface area contributed by atoms with Crippen LogP contribution in [0.25, 0.3) is 0 Å². The van der Waals surface area contributed by atoms with Gasteiger partial charge in [-0.15, -0.1) is 0 Å². The maximum Gasteiger partial charge on any atom is 0.341 e. The lowest BCUT2D eigenvalue weighted by Gasteiger charge is -2.32. The fourth-order valence-corrected chi connectivity index (χ4v) is 2.93. The molecule has 1 aliphatic heterocycles. The second kappa shape index (κ2) is 8.57. The number of ether oxygens (including phenoxy) is 2. The number of carboxylic acids is 1. The first kappa shape index (κ1) is 18.1. The largest absolute Gasteiger partial charge is 0.490 e. The van der Waals surface area contributed by atoms with E-state index in [0.717, 1.165) is 25.9 Å². The van der Waals surface area contributed by atoms with E-state index in [0.29, 0.717) is 29.6 Å². The zero-order valence-electron chi connectivity index (χ0n) is 14.3. The van der Waals surface area contributed by atoms with Crippen LogP contribution in [0, 0.1) is 5.92 Å². The number of likely N-dealkylation sites (tertiary alicyclic amines) is 1. The molecule has 0 aromatic heterocycles. The molecule has 1 unspecified atom stereocenters. The molecule has 1 fully saturated rings. The lowest BCUT2D eigenvalue weighted by Crippen LogP contribution is -2.39. The molecule has 0 radical (unpaired) electrons. The Morgan fingerprint density at radius 2 is 2.04 bits per heavy atom. The first-order valence-electron chi connectivity index (χ1n) is 8.45. The highest BCUT2D eigenvalue weighted by molar-refractivity contribution is 5.95. The highest BCUT2D eigenvalue weighted by Crippen LogP contribution is 2.30. The summed E-state index contributed by atoms with van der Waals surface area (Å²) in [5, 5.41) is 8.73. The van der Waals surface area contributed by atoms with E-state index >= 15 is 0 Å². The Balaban J connectivity index is 2.15. The summed E-state index contributed by atoms with van der Waals surface area (Å²) in [6.07, 6.45) is 3.28. The Hall–Kier alpha value is -2.24. The molecule has 6 heteroatoms. The topological polar surface area (TPSA) is 76.1 Å². The number of piperidine rings is 1. The Morgan fingerprint density at radius 3 is 2.71 bits per heavy atom. The summed E-state index contributed by atoms with van der Waals surface area (Å²) < 4.78 is 10.7. The number of rotatable bonds is 7. The molecule has 24 heavy (non-hydrogen) atoms. The maximum atomic E-state index is 12.7. The minimum atomic E-state index is -1.06. The number of carboxylic acid groups (broad SMARTS) is 1. The van der Waals surface area contributed by atoms with Gasteiger partial charge in [-0.1, -0.05) is 13.3 Å². The van der Waals surface area contributed by atoms with Crippen molar-refractivity contribution in [1.29, 1.82) is 0 Å². The first-order chi connectivity index (χ1) is 11.5. The fourth-order valence-electron chi connectivity index (χ4n) is 2.93. The third-order valence-corrected chi connectivity index (χ3v) is 4.23. The second-order valence-electron chi connectivity index (χ2n) is 5.94. The SMILES string of the molecule is CCOc1cc(C(=O)N2CCCC(CC)C2)ccc1OCC(=O)O. The molecule has 0 saturated carbocycles. The van der Waals surface area contributed by atoms with Crippen LogP contribution < -0.4 is 9.47 Å². The van der Waals surface area contributed by atoms with Crippen LogP contribution in [0.4, 0.5) is 0 Å². The quantitative estimate of drug-likeness (QED) is 0.829. The minimum Gasteiger partial charge on any atom is -0.490 e. The van der Waals surface area contributed by atoms with Crippen molar-refractivity contribution in [3.63, 3.8) is 0 Å². The average molecular weight is 335 g/mol. The first-order valence-corrected chi connectivity index (χ1v) is 8.45. The average Bonchev–Trinajstić information content (AvgIpc) is 2.60. The predicted octanol–water partition coefficient (Wildman–Crippen LogP) is 2.81. The van der Waals surface area contributed by atoms with Crippen molar-refractivity contribution in [2.24, 2.45) is 5.92 Å². The summed E-state index contributed by atoms with van der Waals surface area (Å²) in [5.41, 5.74) is 0.540. The van der Waals surface area contributed by atoms with Gasteiger partial charge in [0.25, 0.3) is 5.91 Å². The van der Waals surface area contributed by atoms with E-state index in [9.17, 15) is 9.59 Å². The lowest BCUT2D eigenvalue weighted by atomic mass is 9.95. The monoisotopic (exact) mass is 335 g/mol. The highest BCUT2D eigenvalue weighted by Gasteiger charge is 2.24. The van der Waals surface area contributed by atoms with Crippen molar-refractivity contribution in [3.8, 4) is 11.5 Å². The van der Waals surface area contributed by atoms with Crippen molar-refractivity contribution in [2.75, 3.05) is 26.3 Å². The molecular weight excluding hydrogens is 310 g/mol. The summed E-state index contributed by atoms with van der Waals surface area (Å²) in [5.74, 6) is 0.220. The van der Waals surface area contributed by atoms with Gasteiger partial charge in [0.15, 0.2) is 18.1 Å². The summed E-state index contributed by atoms with van der Waals surface area (Å²) in [4.78, 5) is 25.3. The zero-order valence-corrected chi connectivity index (χ0v) is 14.3. The van der Waals surface area contributed by atoms with Gasteiger partial charge < -0.3 is 19.5 Å². The van der Waals surface area contributed by atoms with Crippen molar-refractivity contribution >= 4 is 11.9 Å². The van der Waals surface area contributed by atoms with Crippen LogP contribution in [0.1, 0.15) is 43.5 Å². The molecule has 1 aromatic carbocycles. The summed E-state index contributed by atoms with van der Waals surface area (Å²) in [7, 11) is 0. The zero-order chi connectivity index (χ0) is 17.5. The molecule has 1 N–H and O–H groups in total. The van der Waals surface area contributed by atoms with Gasteiger partial charge in [0.05, 0.1) is 6.61 Å². The van der Waals surface area contributed by atoms with Gasteiger partial charge in [0, 0.05) is 18.7 Å². The van der Waals surface area contributed by atoms with Crippen LogP contribution in [0.3, 0.4) is 0 Å². The highest BCUT2D eigenvalue weighted by atomic mass is 16.5. The van der Waals surface area contributed by atoms with E-state index in [1.54, 1.807) is 18.2 Å². The summed E-state index contributed by atoms with van der Waals surface area (Å²) >= 11 is 0. The van der Waals surface area contributed by atoms with Crippen molar-refractivity contribution < 1.29 is 24.2 Å². The van der Waals surface area contributed by atoms with Crippen LogP contribution in [-0.4, -0.2) is 48.2 Å². The van der Waals surface area contributed by atoms with Crippen LogP contribution in [0.2, 0.25) is 0 Å². The number of hydrogen-bond donors (Lipinski definition) is 1. The molecule has 0 bridgehead atoms. The summed E-state index contributed by atoms with van der Waals surface area (Å²) in [6, 6.07) is 4.90. The number of carbonyl (C=O) groups is 2. The molecule has 1 aliphatic rings. The number of hydrogen-bond acceptors (Lipinski definition) is 4. The molecule has 1 amide bonds. The molecule has 0 aliphatic carbocycles. The van der Waals surface area contributed by atoms with Crippen LogP contribution in [0.5, 0.6) is 11.5 Å². The van der Waals surface area contributed by atoms with Crippen molar-refractivity contribution in [3.05, 3.63) is 23.8 Å². The van der Waals surface area contributed by atoms with E-state index < -0.39 is 12.6 Å². The fraction of sp³-hybridized carbons (Fsp3) is 0.556. The summed E-state index contributed by atoms with van der Waals surface area (Å²) in [6.45, 7) is 5.50. The normalized spacial score (nSPS) is 17.4. The van der Waals surface area contributed by atoms with Crippen LogP contribution in [-0.2, 0) is 4.79 Å². The molecular formula is C18H25NO5. The number of benzene rings is 1. The lowest BCUT2D eigenvalue weighted by molar-refractivity contribution is -0.139. The number of aliphatic carboxylic acids is 1. The third-order valence-electron chi connectivity index (χ3n) is 4.23. The molecule has 1 aromatic rings. The Kier molecular flexibility index (Phi) is 6.46. The molecule has 0 spiro atoms.